The van der Waals surface area contributed by atoms with Crippen LogP contribution in [0.1, 0.15) is 23.0 Å². The molecule has 0 radical (unpaired) electrons. The first kappa shape index (κ1) is 21.5. The maximum absolute atomic E-state index is 12.7. The Balaban J connectivity index is 2.14. The molecule has 0 aliphatic heterocycles. The second-order valence-corrected chi connectivity index (χ2v) is 8.09. The monoisotopic (exact) mass is 448 g/mol. The van der Waals surface area contributed by atoms with Gasteiger partial charge in [-0.3, -0.25) is 4.79 Å². The summed E-state index contributed by atoms with van der Waals surface area (Å²) in [4.78, 5) is 24.8. The quantitative estimate of drug-likeness (QED) is 0.421. The predicted molar refractivity (Wildman–Crippen MR) is 110 cm³/mol. The Morgan fingerprint density at radius 2 is 1.87 bits per heavy atom. The number of rotatable bonds is 6. The van der Waals surface area contributed by atoms with Gasteiger partial charge in [-0.2, -0.15) is 18.2 Å². The first-order chi connectivity index (χ1) is 14.2. The largest absolute Gasteiger partial charge is 0.461 e. The predicted octanol–water partition coefficient (Wildman–Crippen LogP) is 3.14. The van der Waals surface area contributed by atoms with Crippen molar-refractivity contribution in [3.05, 3.63) is 81.2 Å². The second kappa shape index (κ2) is 8.68. The van der Waals surface area contributed by atoms with Crippen molar-refractivity contribution in [2.24, 2.45) is 0 Å². The summed E-state index contributed by atoms with van der Waals surface area (Å²) in [6.07, 6.45) is 0. The molecule has 10 heteroatoms. The third-order valence-corrected chi connectivity index (χ3v) is 5.46. The van der Waals surface area contributed by atoms with E-state index < -0.39 is 33.1 Å². The van der Waals surface area contributed by atoms with Gasteiger partial charge >= 0.3 is 16.1 Å². The number of esters is 1. The zero-order chi connectivity index (χ0) is 21.9. The maximum Gasteiger partial charge on any atom is 0.362 e. The Morgan fingerprint density at radius 1 is 1.13 bits per heavy atom. The van der Waals surface area contributed by atoms with Crippen LogP contribution in [0.3, 0.4) is 0 Å². The van der Waals surface area contributed by atoms with Crippen molar-refractivity contribution >= 4 is 27.7 Å². The van der Waals surface area contributed by atoms with Gasteiger partial charge in [-0.05, 0) is 43.7 Å². The molecule has 0 saturated heterocycles. The van der Waals surface area contributed by atoms with Crippen LogP contribution >= 0.6 is 11.6 Å². The average Bonchev–Trinajstić information content (AvgIpc) is 2.69. The van der Waals surface area contributed by atoms with Crippen LogP contribution in [0.4, 0.5) is 0 Å². The van der Waals surface area contributed by atoms with Crippen molar-refractivity contribution in [3.8, 4) is 11.4 Å². The first-order valence-corrected chi connectivity index (χ1v) is 10.6. The van der Waals surface area contributed by atoms with Gasteiger partial charge in [0.15, 0.2) is 5.75 Å². The molecule has 156 valence electrons. The van der Waals surface area contributed by atoms with Crippen LogP contribution in [-0.4, -0.2) is 30.8 Å². The van der Waals surface area contributed by atoms with Gasteiger partial charge in [-0.1, -0.05) is 35.9 Å². The van der Waals surface area contributed by atoms with E-state index in [1.54, 1.807) is 38.1 Å². The molecule has 8 nitrogen and oxygen atoms in total. The Labute approximate surface area is 177 Å². The summed E-state index contributed by atoms with van der Waals surface area (Å²) in [5.74, 6) is -1.47. The topological polar surface area (TPSA) is 105 Å². The Kier molecular flexibility index (Phi) is 6.23. The standard InChI is InChI=1S/C20H17ClN2O6S/c1-3-28-20(25)19-17(29-30(26,27)15-9-6-8-14(21)11-15)12-18(24)23(22-19)16-10-5-4-7-13(16)2/h4-12H,3H2,1-2H3. The molecule has 0 spiro atoms. The van der Waals surface area contributed by atoms with Gasteiger partial charge in [0.05, 0.1) is 18.4 Å². The van der Waals surface area contributed by atoms with E-state index in [-0.39, 0.29) is 16.5 Å². The third kappa shape index (κ3) is 4.52. The molecule has 0 fully saturated rings. The third-order valence-electron chi connectivity index (χ3n) is 3.99. The number of benzene rings is 2. The highest BCUT2D eigenvalue weighted by Gasteiger charge is 2.26. The minimum atomic E-state index is -4.39. The molecule has 0 unspecified atom stereocenters. The van der Waals surface area contributed by atoms with Crippen molar-refractivity contribution in [2.45, 2.75) is 18.7 Å². The molecular formula is C20H17ClN2O6S. The van der Waals surface area contributed by atoms with Gasteiger partial charge in [0, 0.05) is 5.02 Å². The fraction of sp³-hybridized carbons (Fsp3) is 0.150. The number of halogens is 1. The highest BCUT2D eigenvalue weighted by molar-refractivity contribution is 7.87. The molecule has 0 amide bonds. The number of aryl methyl sites for hydroxylation is 1. The summed E-state index contributed by atoms with van der Waals surface area (Å²) >= 11 is 5.85. The number of hydrogen-bond acceptors (Lipinski definition) is 7. The summed E-state index contributed by atoms with van der Waals surface area (Å²) in [5.41, 5.74) is 0.0124. The van der Waals surface area contributed by atoms with Crippen molar-refractivity contribution in [1.82, 2.24) is 9.78 Å². The van der Waals surface area contributed by atoms with Crippen LogP contribution in [0.2, 0.25) is 5.02 Å². The van der Waals surface area contributed by atoms with Crippen LogP contribution in [0, 0.1) is 6.92 Å². The Hall–Kier alpha value is -3.17. The van der Waals surface area contributed by atoms with Crippen LogP contribution < -0.4 is 9.74 Å². The van der Waals surface area contributed by atoms with Crippen LogP contribution in [0.25, 0.3) is 5.69 Å². The lowest BCUT2D eigenvalue weighted by Gasteiger charge is -2.13. The molecule has 3 rings (SSSR count). The number of hydrogen-bond donors (Lipinski definition) is 0. The molecule has 0 atom stereocenters. The lowest BCUT2D eigenvalue weighted by molar-refractivity contribution is 0.0515. The van der Waals surface area contributed by atoms with E-state index >= 15 is 0 Å². The van der Waals surface area contributed by atoms with Crippen molar-refractivity contribution in [1.29, 1.82) is 0 Å². The van der Waals surface area contributed by atoms with Crippen LogP contribution in [-0.2, 0) is 14.9 Å². The average molecular weight is 449 g/mol. The smallest absolute Gasteiger partial charge is 0.362 e. The molecular weight excluding hydrogens is 432 g/mol. The molecule has 2 aromatic carbocycles. The first-order valence-electron chi connectivity index (χ1n) is 8.80. The summed E-state index contributed by atoms with van der Waals surface area (Å²) < 4.78 is 36.3. The van der Waals surface area contributed by atoms with E-state index in [0.29, 0.717) is 5.69 Å². The highest BCUT2D eigenvalue weighted by Crippen LogP contribution is 2.23. The number of ether oxygens (including phenoxy) is 1. The molecule has 0 bridgehead atoms. The zero-order valence-corrected chi connectivity index (χ0v) is 17.6. The Morgan fingerprint density at radius 3 is 2.53 bits per heavy atom. The fourth-order valence-electron chi connectivity index (χ4n) is 2.61. The summed E-state index contributed by atoms with van der Waals surface area (Å²) in [5, 5.41) is 4.21. The van der Waals surface area contributed by atoms with E-state index in [4.69, 9.17) is 20.5 Å². The molecule has 1 aromatic heterocycles. The number of carbonyl (C=O) groups excluding carboxylic acids is 1. The van der Waals surface area contributed by atoms with Crippen molar-refractivity contribution in [3.63, 3.8) is 0 Å². The number of nitrogens with zero attached hydrogens (tertiary/aromatic N) is 2. The normalized spacial score (nSPS) is 11.2. The van der Waals surface area contributed by atoms with E-state index in [2.05, 4.69) is 5.10 Å². The van der Waals surface area contributed by atoms with Gasteiger partial charge in [0.2, 0.25) is 5.69 Å². The van der Waals surface area contributed by atoms with E-state index in [1.807, 2.05) is 0 Å². The lowest BCUT2D eigenvalue weighted by atomic mass is 10.2. The maximum atomic E-state index is 12.7. The fourth-order valence-corrected chi connectivity index (χ4v) is 3.84. The molecule has 30 heavy (non-hydrogen) atoms. The minimum absolute atomic E-state index is 0.0183. The van der Waals surface area contributed by atoms with E-state index in [1.165, 1.54) is 24.3 Å². The molecule has 0 aliphatic carbocycles. The Bertz CT molecular complexity index is 1270. The summed E-state index contributed by atoms with van der Waals surface area (Å²) in [6.45, 7) is 3.37. The van der Waals surface area contributed by atoms with Crippen molar-refractivity contribution in [2.75, 3.05) is 6.61 Å². The molecule has 3 aromatic rings. The minimum Gasteiger partial charge on any atom is -0.461 e. The van der Waals surface area contributed by atoms with Gasteiger partial charge in [0.1, 0.15) is 4.90 Å². The molecule has 1 heterocycles. The summed E-state index contributed by atoms with van der Waals surface area (Å²) in [7, 11) is -4.39. The van der Waals surface area contributed by atoms with E-state index in [9.17, 15) is 18.0 Å². The van der Waals surface area contributed by atoms with Crippen molar-refractivity contribution < 1.29 is 22.1 Å². The molecule has 0 N–H and O–H groups in total. The summed E-state index contributed by atoms with van der Waals surface area (Å²) in [6, 6.07) is 13.2. The number of para-hydroxylation sites is 1. The van der Waals surface area contributed by atoms with Gasteiger partial charge in [-0.25, -0.2) is 4.79 Å². The van der Waals surface area contributed by atoms with Gasteiger partial charge in [0.25, 0.3) is 5.56 Å². The van der Waals surface area contributed by atoms with Gasteiger partial charge in [-0.15, -0.1) is 0 Å². The lowest BCUT2D eigenvalue weighted by Crippen LogP contribution is -2.26. The highest BCUT2D eigenvalue weighted by atomic mass is 35.5. The van der Waals surface area contributed by atoms with E-state index in [0.717, 1.165) is 16.3 Å². The molecule has 0 aliphatic rings. The van der Waals surface area contributed by atoms with Crippen LogP contribution in [0.15, 0.2) is 64.3 Å². The second-order valence-electron chi connectivity index (χ2n) is 6.11. The zero-order valence-electron chi connectivity index (χ0n) is 16.0. The number of carbonyl (C=O) groups is 1. The van der Waals surface area contributed by atoms with Gasteiger partial charge < -0.3 is 8.92 Å². The van der Waals surface area contributed by atoms with Crippen LogP contribution in [0.5, 0.6) is 5.75 Å². The SMILES string of the molecule is CCOC(=O)c1nn(-c2ccccc2C)c(=O)cc1OS(=O)(=O)c1cccc(Cl)c1. The number of aromatic nitrogens is 2. The molecule has 0 saturated carbocycles.